The summed E-state index contributed by atoms with van der Waals surface area (Å²) >= 11 is 0. The van der Waals surface area contributed by atoms with Crippen LogP contribution < -0.4 is 5.32 Å². The van der Waals surface area contributed by atoms with Crippen LogP contribution in [0.3, 0.4) is 0 Å². The number of non-ortho nitro benzene ring substituents is 1. The Bertz CT molecular complexity index is 496. The van der Waals surface area contributed by atoms with E-state index < -0.39 is 11.0 Å². The van der Waals surface area contributed by atoms with Crippen molar-refractivity contribution in [3.05, 3.63) is 46.5 Å². The van der Waals surface area contributed by atoms with Gasteiger partial charge < -0.3 is 4.74 Å². The van der Waals surface area contributed by atoms with Crippen molar-refractivity contribution in [2.24, 2.45) is 0 Å². The molecule has 2 rings (SSSR count). The second-order valence-corrected chi connectivity index (χ2v) is 4.23. The van der Waals surface area contributed by atoms with E-state index in [1.54, 1.807) is 0 Å². The van der Waals surface area contributed by atoms with Crippen molar-refractivity contribution in [2.45, 2.75) is 25.4 Å². The third-order valence-electron chi connectivity index (χ3n) is 2.79. The van der Waals surface area contributed by atoms with Gasteiger partial charge in [0.1, 0.15) is 6.10 Å². The number of carbonyl (C=O) groups excluding carboxylic acids is 1. The molecule has 6 nitrogen and oxygen atoms in total. The van der Waals surface area contributed by atoms with Crippen LogP contribution in [-0.4, -0.2) is 17.1 Å². The molecule has 1 aliphatic carbocycles. The summed E-state index contributed by atoms with van der Waals surface area (Å²) in [5, 5.41) is 13.0. The van der Waals surface area contributed by atoms with Crippen molar-refractivity contribution >= 4 is 17.5 Å². The number of hydrogen-bond acceptors (Lipinski definition) is 4. The Morgan fingerprint density at radius 3 is 2.68 bits per heavy atom. The fourth-order valence-corrected chi connectivity index (χ4v) is 1.83. The molecular formula is C13H14N2O4. The lowest BCUT2D eigenvalue weighted by molar-refractivity contribution is -0.384. The zero-order chi connectivity index (χ0) is 13.7. The van der Waals surface area contributed by atoms with Crippen molar-refractivity contribution < 1.29 is 14.5 Å². The minimum atomic E-state index is -0.551. The molecule has 0 heterocycles. The standard InChI is InChI=1S/C13H14N2O4/c16-13(19-12-4-2-1-3-5-12)14-10-6-8-11(9-7-10)15(17)18/h2,4,6-9,12H,1,3,5H2,(H,14,16). The minimum Gasteiger partial charge on any atom is -0.442 e. The molecule has 0 radical (unpaired) electrons. The van der Waals surface area contributed by atoms with E-state index in [2.05, 4.69) is 5.32 Å². The maximum Gasteiger partial charge on any atom is 0.412 e. The number of amides is 1. The Kier molecular flexibility index (Phi) is 4.12. The molecule has 1 aliphatic rings. The molecule has 0 aromatic heterocycles. The molecule has 19 heavy (non-hydrogen) atoms. The molecule has 1 aromatic carbocycles. The molecule has 0 spiro atoms. The summed E-state index contributed by atoms with van der Waals surface area (Å²) in [6.45, 7) is 0. The molecular weight excluding hydrogens is 248 g/mol. The first-order valence-electron chi connectivity index (χ1n) is 6.04. The lowest BCUT2D eigenvalue weighted by atomic mass is 10.1. The quantitative estimate of drug-likeness (QED) is 0.515. The molecule has 0 saturated heterocycles. The normalized spacial score (nSPS) is 17.8. The first-order chi connectivity index (χ1) is 9.15. The summed E-state index contributed by atoms with van der Waals surface area (Å²) in [5.41, 5.74) is 0.449. The highest BCUT2D eigenvalue weighted by Crippen LogP contribution is 2.17. The predicted molar refractivity (Wildman–Crippen MR) is 70.0 cm³/mol. The third-order valence-corrected chi connectivity index (χ3v) is 2.79. The Labute approximate surface area is 110 Å². The average molecular weight is 262 g/mol. The van der Waals surface area contributed by atoms with Crippen LogP contribution in [0.5, 0.6) is 0 Å². The van der Waals surface area contributed by atoms with Crippen molar-refractivity contribution in [2.75, 3.05) is 5.32 Å². The third kappa shape index (κ3) is 3.80. The van der Waals surface area contributed by atoms with Crippen molar-refractivity contribution in [3.63, 3.8) is 0 Å². The molecule has 1 atom stereocenters. The number of benzene rings is 1. The van der Waals surface area contributed by atoms with Crippen LogP contribution in [0.2, 0.25) is 0 Å². The summed E-state index contributed by atoms with van der Waals surface area (Å²) in [6.07, 6.45) is 5.98. The van der Waals surface area contributed by atoms with Crippen LogP contribution in [0.4, 0.5) is 16.2 Å². The van der Waals surface area contributed by atoms with Gasteiger partial charge in [-0.05, 0) is 37.5 Å². The van der Waals surface area contributed by atoms with Gasteiger partial charge in [0.05, 0.1) is 4.92 Å². The predicted octanol–water partition coefficient (Wildman–Crippen LogP) is 3.25. The highest BCUT2D eigenvalue weighted by atomic mass is 16.6. The van der Waals surface area contributed by atoms with Gasteiger partial charge in [0, 0.05) is 17.8 Å². The van der Waals surface area contributed by atoms with Crippen LogP contribution in [-0.2, 0) is 4.74 Å². The monoisotopic (exact) mass is 262 g/mol. The number of carbonyl (C=O) groups is 1. The number of ether oxygens (including phenoxy) is 1. The molecule has 1 aromatic rings. The number of rotatable bonds is 3. The Morgan fingerprint density at radius 2 is 2.11 bits per heavy atom. The Morgan fingerprint density at radius 1 is 1.37 bits per heavy atom. The lowest BCUT2D eigenvalue weighted by Gasteiger charge is -2.17. The van der Waals surface area contributed by atoms with E-state index in [-0.39, 0.29) is 11.8 Å². The van der Waals surface area contributed by atoms with Crippen LogP contribution in [0.25, 0.3) is 0 Å². The smallest absolute Gasteiger partial charge is 0.412 e. The van der Waals surface area contributed by atoms with Crippen molar-refractivity contribution in [1.82, 2.24) is 0 Å². The fraction of sp³-hybridized carbons (Fsp3) is 0.308. The molecule has 1 unspecified atom stereocenters. The summed E-state index contributed by atoms with van der Waals surface area (Å²) in [5.74, 6) is 0. The van der Waals surface area contributed by atoms with E-state index in [0.29, 0.717) is 5.69 Å². The second-order valence-electron chi connectivity index (χ2n) is 4.23. The highest BCUT2D eigenvalue weighted by Gasteiger charge is 2.14. The van der Waals surface area contributed by atoms with Gasteiger partial charge in [-0.2, -0.15) is 0 Å². The van der Waals surface area contributed by atoms with Crippen molar-refractivity contribution in [3.8, 4) is 0 Å². The van der Waals surface area contributed by atoms with Gasteiger partial charge in [-0.25, -0.2) is 4.79 Å². The number of anilines is 1. The number of nitrogens with one attached hydrogen (secondary N) is 1. The van der Waals surface area contributed by atoms with Gasteiger partial charge in [-0.3, -0.25) is 15.4 Å². The van der Waals surface area contributed by atoms with E-state index in [1.807, 2.05) is 12.2 Å². The summed E-state index contributed by atoms with van der Waals surface area (Å²) in [6, 6.07) is 5.60. The molecule has 1 N–H and O–H groups in total. The van der Waals surface area contributed by atoms with Gasteiger partial charge in [-0.15, -0.1) is 0 Å². The first-order valence-corrected chi connectivity index (χ1v) is 6.04. The SMILES string of the molecule is O=C(Nc1ccc([N+](=O)[O-])cc1)OC1C=CCCC1. The number of hydrogen-bond donors (Lipinski definition) is 1. The number of nitrogens with zero attached hydrogens (tertiary/aromatic N) is 1. The minimum absolute atomic E-state index is 0.0193. The summed E-state index contributed by atoms with van der Waals surface area (Å²) in [7, 11) is 0. The Hall–Kier alpha value is -2.37. The zero-order valence-electron chi connectivity index (χ0n) is 10.2. The summed E-state index contributed by atoms with van der Waals surface area (Å²) < 4.78 is 5.20. The molecule has 0 fully saturated rings. The Balaban J connectivity index is 1.89. The van der Waals surface area contributed by atoms with Crippen LogP contribution in [0.15, 0.2) is 36.4 Å². The number of nitro groups is 1. The zero-order valence-corrected chi connectivity index (χ0v) is 10.2. The number of nitro benzene ring substituents is 1. The molecule has 6 heteroatoms. The van der Waals surface area contributed by atoms with Gasteiger partial charge in [0.2, 0.25) is 0 Å². The second kappa shape index (κ2) is 5.99. The number of allylic oxidation sites excluding steroid dienone is 1. The maximum absolute atomic E-state index is 11.6. The van der Waals surface area contributed by atoms with Crippen LogP contribution >= 0.6 is 0 Å². The van der Waals surface area contributed by atoms with Gasteiger partial charge in [0.25, 0.3) is 5.69 Å². The van der Waals surface area contributed by atoms with E-state index in [0.717, 1.165) is 19.3 Å². The molecule has 0 aliphatic heterocycles. The van der Waals surface area contributed by atoms with E-state index in [1.165, 1.54) is 24.3 Å². The fourth-order valence-electron chi connectivity index (χ4n) is 1.83. The van der Waals surface area contributed by atoms with Crippen LogP contribution in [0.1, 0.15) is 19.3 Å². The molecule has 0 bridgehead atoms. The largest absolute Gasteiger partial charge is 0.442 e. The van der Waals surface area contributed by atoms with E-state index >= 15 is 0 Å². The first kappa shape index (κ1) is 13.1. The van der Waals surface area contributed by atoms with E-state index in [4.69, 9.17) is 4.74 Å². The van der Waals surface area contributed by atoms with E-state index in [9.17, 15) is 14.9 Å². The molecule has 0 saturated carbocycles. The highest BCUT2D eigenvalue weighted by molar-refractivity contribution is 5.84. The van der Waals surface area contributed by atoms with Gasteiger partial charge >= 0.3 is 6.09 Å². The topological polar surface area (TPSA) is 81.5 Å². The van der Waals surface area contributed by atoms with Crippen LogP contribution in [0, 0.1) is 10.1 Å². The maximum atomic E-state index is 11.6. The van der Waals surface area contributed by atoms with Gasteiger partial charge in [0.15, 0.2) is 0 Å². The lowest BCUT2D eigenvalue weighted by Crippen LogP contribution is -2.22. The molecule has 100 valence electrons. The average Bonchev–Trinajstić information content (AvgIpc) is 2.40. The van der Waals surface area contributed by atoms with Gasteiger partial charge in [-0.1, -0.05) is 6.08 Å². The van der Waals surface area contributed by atoms with Crippen molar-refractivity contribution in [1.29, 1.82) is 0 Å². The molecule has 1 amide bonds. The summed E-state index contributed by atoms with van der Waals surface area (Å²) in [4.78, 5) is 21.6.